The van der Waals surface area contributed by atoms with Crippen LogP contribution in [0.25, 0.3) is 0 Å². The van der Waals surface area contributed by atoms with Crippen molar-refractivity contribution < 1.29 is 19.1 Å². The molecule has 0 aromatic heterocycles. The molecular weight excluding hydrogens is 398 g/mol. The first-order valence-corrected chi connectivity index (χ1v) is 11.1. The van der Waals surface area contributed by atoms with Crippen LogP contribution in [0.1, 0.15) is 45.5 Å². The molecule has 4 rings (SSSR count). The summed E-state index contributed by atoms with van der Waals surface area (Å²) in [5.41, 5.74) is 4.47. The zero-order valence-electron chi connectivity index (χ0n) is 17.4. The molecule has 0 unspecified atom stereocenters. The Hall–Kier alpha value is -2.60. The molecule has 6 heteroatoms. The van der Waals surface area contributed by atoms with Gasteiger partial charge < -0.3 is 9.64 Å². The SMILES string of the molecule is Cc1cc(C)c(C(=O)COC(=O)[C@H]2CS[C@@]3(c4ccccc4)CCC(=O)N23)c(C)c1. The maximum Gasteiger partial charge on any atom is 0.330 e. The van der Waals surface area contributed by atoms with Crippen molar-refractivity contribution in [2.24, 2.45) is 0 Å². The Balaban J connectivity index is 1.50. The lowest BCUT2D eigenvalue weighted by Gasteiger charge is -2.33. The number of thioether (sulfide) groups is 1. The molecule has 5 nitrogen and oxygen atoms in total. The molecule has 2 aliphatic rings. The van der Waals surface area contributed by atoms with Crippen LogP contribution in [0.3, 0.4) is 0 Å². The second-order valence-corrected chi connectivity index (χ2v) is 9.34. The summed E-state index contributed by atoms with van der Waals surface area (Å²) in [6.07, 6.45) is 1.08. The van der Waals surface area contributed by atoms with Gasteiger partial charge >= 0.3 is 5.97 Å². The van der Waals surface area contributed by atoms with Gasteiger partial charge in [-0.1, -0.05) is 48.0 Å². The van der Waals surface area contributed by atoms with Gasteiger partial charge in [0.15, 0.2) is 6.61 Å². The van der Waals surface area contributed by atoms with Crippen LogP contribution in [-0.2, 0) is 19.2 Å². The number of fused-ring (bicyclic) bond motifs is 1. The van der Waals surface area contributed by atoms with E-state index in [1.54, 1.807) is 16.7 Å². The summed E-state index contributed by atoms with van der Waals surface area (Å²) in [7, 11) is 0. The van der Waals surface area contributed by atoms with Crippen LogP contribution in [0.15, 0.2) is 42.5 Å². The van der Waals surface area contributed by atoms with Gasteiger partial charge in [0.25, 0.3) is 0 Å². The van der Waals surface area contributed by atoms with Crippen molar-refractivity contribution in [3.63, 3.8) is 0 Å². The standard InChI is InChI=1S/C24H25NO4S/c1-15-11-16(2)22(17(3)12-15)20(26)13-29-23(28)19-14-30-24(10-9-21(27)25(19)24)18-7-5-4-6-8-18/h4-8,11-12,19H,9-10,13-14H2,1-3H3/t19-,24-/m1/s1. The van der Waals surface area contributed by atoms with E-state index in [1.807, 2.05) is 63.2 Å². The zero-order valence-corrected chi connectivity index (χ0v) is 18.3. The summed E-state index contributed by atoms with van der Waals surface area (Å²) in [6, 6.07) is 13.1. The second kappa shape index (κ2) is 7.91. The van der Waals surface area contributed by atoms with Crippen molar-refractivity contribution >= 4 is 29.4 Å². The highest BCUT2D eigenvalue weighted by Crippen LogP contribution is 2.54. The fraction of sp³-hybridized carbons (Fsp3) is 0.375. The van der Waals surface area contributed by atoms with E-state index >= 15 is 0 Å². The zero-order chi connectivity index (χ0) is 21.5. The van der Waals surface area contributed by atoms with E-state index < -0.39 is 16.9 Å². The Labute approximate surface area is 180 Å². The Morgan fingerprint density at radius 2 is 1.80 bits per heavy atom. The highest BCUT2D eigenvalue weighted by molar-refractivity contribution is 8.00. The molecule has 1 amide bonds. The lowest BCUT2D eigenvalue weighted by atomic mass is 9.97. The maximum atomic E-state index is 12.9. The smallest absolute Gasteiger partial charge is 0.330 e. The summed E-state index contributed by atoms with van der Waals surface area (Å²) < 4.78 is 5.42. The van der Waals surface area contributed by atoms with Crippen LogP contribution in [0.2, 0.25) is 0 Å². The molecule has 0 spiro atoms. The van der Waals surface area contributed by atoms with Crippen molar-refractivity contribution in [3.8, 4) is 0 Å². The van der Waals surface area contributed by atoms with Crippen LogP contribution in [0, 0.1) is 20.8 Å². The largest absolute Gasteiger partial charge is 0.456 e. The number of ketones is 1. The van der Waals surface area contributed by atoms with Crippen molar-refractivity contribution in [3.05, 3.63) is 70.3 Å². The molecule has 2 heterocycles. The van der Waals surface area contributed by atoms with Crippen LogP contribution < -0.4 is 0 Å². The quantitative estimate of drug-likeness (QED) is 0.539. The number of carbonyl (C=O) groups excluding carboxylic acids is 3. The minimum absolute atomic E-state index is 0.0395. The third-order valence-electron chi connectivity index (χ3n) is 5.93. The maximum absolute atomic E-state index is 12.9. The topological polar surface area (TPSA) is 63.7 Å². The van der Waals surface area contributed by atoms with E-state index in [0.29, 0.717) is 24.2 Å². The van der Waals surface area contributed by atoms with Crippen molar-refractivity contribution in [1.29, 1.82) is 0 Å². The van der Waals surface area contributed by atoms with E-state index in [4.69, 9.17) is 4.74 Å². The minimum Gasteiger partial charge on any atom is -0.456 e. The summed E-state index contributed by atoms with van der Waals surface area (Å²) in [6.45, 7) is 5.45. The molecule has 2 atom stereocenters. The van der Waals surface area contributed by atoms with Crippen molar-refractivity contribution in [2.75, 3.05) is 12.4 Å². The van der Waals surface area contributed by atoms with Gasteiger partial charge in [-0.3, -0.25) is 9.59 Å². The lowest BCUT2D eigenvalue weighted by Crippen LogP contribution is -2.47. The van der Waals surface area contributed by atoms with Gasteiger partial charge in [0, 0.05) is 17.7 Å². The minimum atomic E-state index is -0.668. The lowest BCUT2D eigenvalue weighted by molar-refractivity contribution is -0.152. The van der Waals surface area contributed by atoms with E-state index in [0.717, 1.165) is 22.3 Å². The molecule has 0 aliphatic carbocycles. The van der Waals surface area contributed by atoms with Gasteiger partial charge in [-0.2, -0.15) is 0 Å². The molecule has 30 heavy (non-hydrogen) atoms. The van der Waals surface area contributed by atoms with E-state index in [1.165, 1.54) is 0 Å². The van der Waals surface area contributed by atoms with Crippen molar-refractivity contribution in [2.45, 2.75) is 44.5 Å². The summed E-state index contributed by atoms with van der Waals surface area (Å²) in [5.74, 6) is -0.296. The number of hydrogen-bond donors (Lipinski definition) is 0. The van der Waals surface area contributed by atoms with Crippen LogP contribution >= 0.6 is 11.8 Å². The molecule has 2 saturated heterocycles. The van der Waals surface area contributed by atoms with Gasteiger partial charge in [-0.25, -0.2) is 4.79 Å². The molecule has 0 radical (unpaired) electrons. The molecular formula is C24H25NO4S. The number of carbonyl (C=O) groups is 3. The number of benzene rings is 2. The van der Waals surface area contributed by atoms with E-state index in [2.05, 4.69) is 0 Å². The van der Waals surface area contributed by atoms with Crippen molar-refractivity contribution in [1.82, 2.24) is 4.90 Å². The molecule has 0 N–H and O–H groups in total. The number of rotatable bonds is 5. The van der Waals surface area contributed by atoms with Gasteiger partial charge in [0.2, 0.25) is 11.7 Å². The Morgan fingerprint density at radius 1 is 1.13 bits per heavy atom. The molecule has 0 saturated carbocycles. The van der Waals surface area contributed by atoms with Crippen LogP contribution in [0.4, 0.5) is 0 Å². The predicted octanol–water partition coefficient (Wildman–Crippen LogP) is 3.93. The van der Waals surface area contributed by atoms with Crippen LogP contribution in [0.5, 0.6) is 0 Å². The third kappa shape index (κ3) is 3.43. The first-order valence-electron chi connectivity index (χ1n) is 10.1. The molecule has 2 aromatic carbocycles. The summed E-state index contributed by atoms with van der Waals surface area (Å²) in [5, 5.41) is 0. The molecule has 2 fully saturated rings. The predicted molar refractivity (Wildman–Crippen MR) is 116 cm³/mol. The Kier molecular flexibility index (Phi) is 5.45. The number of amides is 1. The Morgan fingerprint density at radius 3 is 2.47 bits per heavy atom. The first-order chi connectivity index (χ1) is 14.3. The number of hydrogen-bond acceptors (Lipinski definition) is 5. The number of aryl methyl sites for hydroxylation is 3. The number of ether oxygens (including phenoxy) is 1. The highest BCUT2D eigenvalue weighted by Gasteiger charge is 2.57. The van der Waals surface area contributed by atoms with E-state index in [-0.39, 0.29) is 18.3 Å². The molecule has 0 bridgehead atoms. The first kappa shape index (κ1) is 20.7. The second-order valence-electron chi connectivity index (χ2n) is 8.05. The molecule has 2 aliphatic heterocycles. The molecule has 156 valence electrons. The van der Waals surface area contributed by atoms with Crippen LogP contribution in [-0.4, -0.2) is 41.0 Å². The third-order valence-corrected chi connectivity index (χ3v) is 7.52. The average molecular weight is 424 g/mol. The van der Waals surface area contributed by atoms with Gasteiger partial charge in [0.05, 0.1) is 0 Å². The molecule has 2 aromatic rings. The number of nitrogens with zero attached hydrogens (tertiary/aromatic N) is 1. The van der Waals surface area contributed by atoms with Gasteiger partial charge in [0.1, 0.15) is 10.9 Å². The highest BCUT2D eigenvalue weighted by atomic mass is 32.2. The fourth-order valence-corrected chi connectivity index (χ4v) is 6.38. The van der Waals surface area contributed by atoms with E-state index in [9.17, 15) is 14.4 Å². The fourth-order valence-electron chi connectivity index (χ4n) is 4.74. The summed E-state index contributed by atoms with van der Waals surface area (Å²) in [4.78, 5) is 39.4. The number of Topliss-reactive ketones (excluding diaryl/α,β-unsaturated/α-hetero) is 1. The number of esters is 1. The average Bonchev–Trinajstić information content (AvgIpc) is 3.25. The van der Waals surface area contributed by atoms with Gasteiger partial charge in [-0.05, 0) is 43.9 Å². The Bertz CT molecular complexity index is 996. The normalized spacial score (nSPS) is 22.8. The van der Waals surface area contributed by atoms with Gasteiger partial charge in [-0.15, -0.1) is 11.8 Å². The monoisotopic (exact) mass is 423 g/mol. The summed E-state index contributed by atoms with van der Waals surface area (Å²) >= 11 is 1.61.